The minimum atomic E-state index is -0.522. The van der Waals surface area contributed by atoms with Gasteiger partial charge in [-0.15, -0.1) is 0 Å². The van der Waals surface area contributed by atoms with Gasteiger partial charge in [-0.2, -0.15) is 5.10 Å². The van der Waals surface area contributed by atoms with E-state index in [1.54, 1.807) is 16.8 Å². The van der Waals surface area contributed by atoms with E-state index in [2.05, 4.69) is 30.3 Å². The summed E-state index contributed by atoms with van der Waals surface area (Å²) in [7, 11) is 0. The third-order valence-electron chi connectivity index (χ3n) is 6.30. The molecule has 0 bridgehead atoms. The van der Waals surface area contributed by atoms with Crippen molar-refractivity contribution in [1.82, 2.24) is 24.6 Å². The number of aryl methyl sites for hydroxylation is 2. The van der Waals surface area contributed by atoms with Crippen LogP contribution >= 0.6 is 0 Å². The smallest absolute Gasteiger partial charge is 0.274 e. The van der Waals surface area contributed by atoms with Crippen molar-refractivity contribution < 1.29 is 13.9 Å². The number of amides is 1. The fourth-order valence-electron chi connectivity index (χ4n) is 4.37. The van der Waals surface area contributed by atoms with Crippen LogP contribution in [-0.4, -0.2) is 56.8 Å². The molecule has 4 aromatic rings. The van der Waals surface area contributed by atoms with Crippen LogP contribution in [0.4, 0.5) is 15.8 Å². The Morgan fingerprint density at radius 1 is 1.11 bits per heavy atom. The summed E-state index contributed by atoms with van der Waals surface area (Å²) >= 11 is 0. The summed E-state index contributed by atoms with van der Waals surface area (Å²) < 4.78 is 22.3. The van der Waals surface area contributed by atoms with E-state index in [1.807, 2.05) is 46.9 Å². The number of nitrogens with one attached hydrogen (secondary N) is 1. The van der Waals surface area contributed by atoms with E-state index >= 15 is 4.39 Å². The molecule has 1 N–H and O–H groups in total. The molecule has 1 saturated heterocycles. The lowest BCUT2D eigenvalue weighted by molar-refractivity contribution is 0.102. The molecule has 1 aromatic carbocycles. The Bertz CT molecular complexity index is 1490. The maximum absolute atomic E-state index is 15.0. The van der Waals surface area contributed by atoms with Gasteiger partial charge in [-0.1, -0.05) is 20.8 Å². The number of halogens is 1. The average Bonchev–Trinajstić information content (AvgIpc) is 3.25. The summed E-state index contributed by atoms with van der Waals surface area (Å²) in [5.41, 5.74) is 3.97. The SMILES string of the molecule is Cc1nc2c(N3CCOCC3)cc(-c3cc(NC(=O)c4ccnc(C(C)(C)C)n4)c(F)cc3C)cn2n1. The molecule has 4 heterocycles. The van der Waals surface area contributed by atoms with Crippen LogP contribution in [-0.2, 0) is 10.2 Å². The maximum atomic E-state index is 15.0. The Hall–Kier alpha value is -3.92. The number of rotatable bonds is 4. The molecular formula is C27H30FN7O2. The first-order chi connectivity index (χ1) is 17.6. The number of anilines is 2. The summed E-state index contributed by atoms with van der Waals surface area (Å²) in [6.07, 6.45) is 3.42. The van der Waals surface area contributed by atoms with Crippen LogP contribution in [0, 0.1) is 19.7 Å². The highest BCUT2D eigenvalue weighted by Crippen LogP contribution is 2.33. The van der Waals surface area contributed by atoms with Crippen molar-refractivity contribution >= 4 is 22.9 Å². The van der Waals surface area contributed by atoms with Crippen molar-refractivity contribution in [2.75, 3.05) is 36.5 Å². The average molecular weight is 504 g/mol. The van der Waals surface area contributed by atoms with Crippen LogP contribution in [0.2, 0.25) is 0 Å². The van der Waals surface area contributed by atoms with Crippen LogP contribution in [0.1, 0.15) is 48.5 Å². The van der Waals surface area contributed by atoms with E-state index in [0.29, 0.717) is 24.9 Å². The minimum absolute atomic E-state index is 0.0734. The van der Waals surface area contributed by atoms with E-state index in [-0.39, 0.29) is 16.8 Å². The normalized spacial score (nSPS) is 14.3. The van der Waals surface area contributed by atoms with Crippen LogP contribution in [0.15, 0.2) is 36.7 Å². The van der Waals surface area contributed by atoms with Gasteiger partial charge in [0.05, 0.1) is 24.6 Å². The standard InChI is InChI=1S/C27H30FN7O2/c1-16-12-20(28)22(31-25(36)21-6-7-29-26(32-21)27(3,4)5)14-19(16)18-13-23(34-8-10-37-11-9-34)24-30-17(2)33-35(24)15-18/h6-7,12-15H,8-11H2,1-5H3,(H,31,36). The topological polar surface area (TPSA) is 97.5 Å². The first-order valence-electron chi connectivity index (χ1n) is 12.3. The Labute approximate surface area is 214 Å². The number of fused-ring (bicyclic) bond motifs is 1. The van der Waals surface area contributed by atoms with Gasteiger partial charge in [-0.25, -0.2) is 23.9 Å². The molecule has 0 radical (unpaired) electrons. The van der Waals surface area contributed by atoms with E-state index in [1.165, 1.54) is 12.1 Å². The molecule has 1 aliphatic heterocycles. The highest BCUT2D eigenvalue weighted by Gasteiger charge is 2.22. The van der Waals surface area contributed by atoms with E-state index in [9.17, 15) is 4.79 Å². The van der Waals surface area contributed by atoms with Gasteiger partial charge in [0, 0.05) is 36.5 Å². The van der Waals surface area contributed by atoms with Crippen LogP contribution in [0.5, 0.6) is 0 Å². The monoisotopic (exact) mass is 503 g/mol. The van der Waals surface area contributed by atoms with E-state index in [0.717, 1.165) is 41.1 Å². The van der Waals surface area contributed by atoms with Gasteiger partial charge in [0.1, 0.15) is 23.2 Å². The number of hydrogen-bond acceptors (Lipinski definition) is 7. The molecule has 5 rings (SSSR count). The molecule has 0 atom stereocenters. The van der Waals surface area contributed by atoms with E-state index < -0.39 is 11.7 Å². The van der Waals surface area contributed by atoms with Crippen LogP contribution in [0.25, 0.3) is 16.8 Å². The highest BCUT2D eigenvalue weighted by molar-refractivity contribution is 6.03. The molecule has 0 spiro atoms. The molecule has 1 aliphatic rings. The second kappa shape index (κ2) is 9.51. The molecule has 10 heteroatoms. The summed E-state index contributed by atoms with van der Waals surface area (Å²) in [5, 5.41) is 7.23. The summed E-state index contributed by atoms with van der Waals surface area (Å²) in [4.78, 5) is 28.5. The van der Waals surface area contributed by atoms with Gasteiger partial charge in [-0.3, -0.25) is 4.79 Å². The van der Waals surface area contributed by atoms with Gasteiger partial charge in [0.25, 0.3) is 5.91 Å². The Morgan fingerprint density at radius 3 is 2.59 bits per heavy atom. The van der Waals surface area contributed by atoms with Crippen molar-refractivity contribution in [1.29, 1.82) is 0 Å². The van der Waals surface area contributed by atoms with Gasteiger partial charge >= 0.3 is 0 Å². The van der Waals surface area contributed by atoms with Gasteiger partial charge in [0.15, 0.2) is 5.65 Å². The molecular weight excluding hydrogens is 473 g/mol. The molecule has 1 amide bonds. The lowest BCUT2D eigenvalue weighted by atomic mass is 9.95. The predicted molar refractivity (Wildman–Crippen MR) is 140 cm³/mol. The van der Waals surface area contributed by atoms with Crippen LogP contribution in [0.3, 0.4) is 0 Å². The van der Waals surface area contributed by atoms with Crippen molar-refractivity contribution in [3.63, 3.8) is 0 Å². The van der Waals surface area contributed by atoms with Crippen molar-refractivity contribution in [2.24, 2.45) is 0 Å². The highest BCUT2D eigenvalue weighted by atomic mass is 19.1. The second-order valence-electron chi connectivity index (χ2n) is 10.3. The van der Waals surface area contributed by atoms with E-state index in [4.69, 9.17) is 4.74 Å². The third-order valence-corrected chi connectivity index (χ3v) is 6.30. The number of ether oxygens (including phenoxy) is 1. The molecule has 9 nitrogen and oxygen atoms in total. The van der Waals surface area contributed by atoms with Crippen molar-refractivity contribution in [2.45, 2.75) is 40.0 Å². The first-order valence-corrected chi connectivity index (χ1v) is 12.3. The van der Waals surface area contributed by atoms with Gasteiger partial charge in [-0.05, 0) is 49.2 Å². The van der Waals surface area contributed by atoms with Gasteiger partial charge < -0.3 is 15.0 Å². The number of aromatic nitrogens is 5. The molecule has 1 fully saturated rings. The van der Waals surface area contributed by atoms with Gasteiger partial charge in [0.2, 0.25) is 0 Å². The first kappa shape index (κ1) is 24.8. The Morgan fingerprint density at radius 2 is 1.86 bits per heavy atom. The molecule has 192 valence electrons. The largest absolute Gasteiger partial charge is 0.378 e. The lowest BCUT2D eigenvalue weighted by Gasteiger charge is -2.29. The molecule has 0 unspecified atom stereocenters. The number of nitrogens with zero attached hydrogens (tertiary/aromatic N) is 6. The molecule has 3 aromatic heterocycles. The number of benzene rings is 1. The summed E-state index contributed by atoms with van der Waals surface area (Å²) in [5.74, 6) is 0.177. The van der Waals surface area contributed by atoms with Crippen molar-refractivity contribution in [3.05, 3.63) is 65.4 Å². The Kier molecular flexibility index (Phi) is 6.36. The zero-order valence-corrected chi connectivity index (χ0v) is 21.7. The maximum Gasteiger partial charge on any atom is 0.274 e. The lowest BCUT2D eigenvalue weighted by Crippen LogP contribution is -2.36. The molecule has 0 aliphatic carbocycles. The van der Waals surface area contributed by atoms with Crippen molar-refractivity contribution in [3.8, 4) is 11.1 Å². The Balaban J connectivity index is 1.53. The molecule has 0 saturated carbocycles. The number of pyridine rings is 1. The number of carbonyl (C=O) groups is 1. The predicted octanol–water partition coefficient (Wildman–Crippen LogP) is 4.33. The molecule has 37 heavy (non-hydrogen) atoms. The number of hydrogen-bond donors (Lipinski definition) is 1. The fraction of sp³-hybridized carbons (Fsp3) is 0.370. The van der Waals surface area contributed by atoms with Crippen LogP contribution < -0.4 is 10.2 Å². The number of morpholine rings is 1. The fourth-order valence-corrected chi connectivity index (χ4v) is 4.37. The summed E-state index contributed by atoms with van der Waals surface area (Å²) in [6.45, 7) is 12.3. The third kappa shape index (κ3) is 5.01. The summed E-state index contributed by atoms with van der Waals surface area (Å²) in [6, 6.07) is 6.65. The zero-order chi connectivity index (χ0) is 26.3. The quantitative estimate of drug-likeness (QED) is 0.443. The minimum Gasteiger partial charge on any atom is -0.378 e. The zero-order valence-electron chi connectivity index (χ0n) is 21.7. The second-order valence-corrected chi connectivity index (χ2v) is 10.3. The number of carbonyl (C=O) groups excluding carboxylic acids is 1.